The fourth-order valence-corrected chi connectivity index (χ4v) is 2.90. The first-order valence-corrected chi connectivity index (χ1v) is 8.85. The maximum atomic E-state index is 13.0. The van der Waals surface area contributed by atoms with E-state index >= 15 is 0 Å². The van der Waals surface area contributed by atoms with Crippen LogP contribution in [0.15, 0.2) is 47.1 Å². The molecular formula is C19H22N4O4. The van der Waals surface area contributed by atoms with Crippen LogP contribution >= 0.6 is 0 Å². The molecule has 0 saturated carbocycles. The van der Waals surface area contributed by atoms with Crippen LogP contribution in [0.3, 0.4) is 0 Å². The topological polar surface area (TPSA) is 91.3 Å². The van der Waals surface area contributed by atoms with Crippen LogP contribution in [0.25, 0.3) is 0 Å². The van der Waals surface area contributed by atoms with Crippen molar-refractivity contribution in [2.45, 2.75) is 19.8 Å². The summed E-state index contributed by atoms with van der Waals surface area (Å²) < 4.78 is 0. The summed E-state index contributed by atoms with van der Waals surface area (Å²) in [6, 6.07) is 8.49. The van der Waals surface area contributed by atoms with Gasteiger partial charge < -0.3 is 9.74 Å². The first kappa shape index (κ1) is 18.8. The molecule has 0 aromatic heterocycles. The Bertz CT molecular complexity index is 795. The van der Waals surface area contributed by atoms with E-state index in [4.69, 9.17) is 4.84 Å². The van der Waals surface area contributed by atoms with Crippen molar-refractivity contribution in [2.24, 2.45) is 10.9 Å². The number of carbonyl (C=O) groups excluding carboxylic acids is 3. The van der Waals surface area contributed by atoms with E-state index in [0.29, 0.717) is 24.6 Å². The van der Waals surface area contributed by atoms with E-state index in [9.17, 15) is 14.4 Å². The van der Waals surface area contributed by atoms with Crippen LogP contribution in [0.2, 0.25) is 0 Å². The van der Waals surface area contributed by atoms with Crippen molar-refractivity contribution in [1.29, 1.82) is 0 Å². The summed E-state index contributed by atoms with van der Waals surface area (Å²) in [5, 5.41) is 1.33. The average Bonchev–Trinajstić information content (AvgIpc) is 3.00. The van der Waals surface area contributed by atoms with Gasteiger partial charge >= 0.3 is 5.97 Å². The summed E-state index contributed by atoms with van der Waals surface area (Å²) >= 11 is 0. The highest BCUT2D eigenvalue weighted by Gasteiger charge is 2.29. The SMILES string of the molecule is CC1CCN(C(=O)C(/C=C2/C(=O)ONN2C)=NC(=O)c2ccccc2)CC1. The second kappa shape index (κ2) is 8.13. The molecule has 8 nitrogen and oxygen atoms in total. The van der Waals surface area contributed by atoms with Gasteiger partial charge in [-0.05, 0) is 30.9 Å². The summed E-state index contributed by atoms with van der Waals surface area (Å²) in [5.41, 5.74) is 2.78. The van der Waals surface area contributed by atoms with Crippen LogP contribution in [0.4, 0.5) is 0 Å². The molecule has 0 spiro atoms. The molecule has 2 amide bonds. The first-order valence-electron chi connectivity index (χ1n) is 8.85. The second-order valence-corrected chi connectivity index (χ2v) is 6.71. The van der Waals surface area contributed by atoms with Gasteiger partial charge in [0.1, 0.15) is 11.4 Å². The molecule has 0 unspecified atom stereocenters. The Labute approximate surface area is 157 Å². The number of amides is 2. The van der Waals surface area contributed by atoms with Crippen molar-refractivity contribution < 1.29 is 19.2 Å². The van der Waals surface area contributed by atoms with Crippen LogP contribution in [0.5, 0.6) is 0 Å². The number of nitrogens with zero attached hydrogens (tertiary/aromatic N) is 3. The molecule has 1 aromatic rings. The number of benzene rings is 1. The molecule has 27 heavy (non-hydrogen) atoms. The van der Waals surface area contributed by atoms with Crippen molar-refractivity contribution >= 4 is 23.5 Å². The molecule has 3 rings (SSSR count). The Balaban J connectivity index is 1.92. The molecule has 1 N–H and O–H groups in total. The Hall–Kier alpha value is -3.00. The van der Waals surface area contributed by atoms with E-state index < -0.39 is 11.9 Å². The van der Waals surface area contributed by atoms with Crippen molar-refractivity contribution in [2.75, 3.05) is 20.1 Å². The minimum Gasteiger partial charge on any atom is -0.345 e. The maximum absolute atomic E-state index is 13.0. The highest BCUT2D eigenvalue weighted by Crippen LogP contribution is 2.17. The van der Waals surface area contributed by atoms with Crippen LogP contribution in [0, 0.1) is 5.92 Å². The minimum atomic E-state index is -0.641. The standard InChI is InChI=1S/C19H22N4O4/c1-13-8-10-23(11-9-13)18(25)15(12-16-19(26)27-21-22(16)2)20-17(24)14-6-4-3-5-7-14/h3-7,12-13,21H,8-11H2,1-2H3/b16-12-,20-15?. The third-order valence-corrected chi connectivity index (χ3v) is 4.65. The number of carbonyl (C=O) groups is 3. The van der Waals surface area contributed by atoms with Crippen LogP contribution in [-0.2, 0) is 14.4 Å². The number of nitrogens with one attached hydrogen (secondary N) is 1. The summed E-state index contributed by atoms with van der Waals surface area (Å²) in [6.45, 7) is 3.34. The monoisotopic (exact) mass is 370 g/mol. The molecule has 2 fully saturated rings. The van der Waals surface area contributed by atoms with Gasteiger partial charge in [-0.15, -0.1) is 0 Å². The predicted octanol–water partition coefficient (Wildman–Crippen LogP) is 1.32. The number of hydrogen-bond acceptors (Lipinski definition) is 6. The van der Waals surface area contributed by atoms with Gasteiger partial charge in [0, 0.05) is 31.8 Å². The first-order chi connectivity index (χ1) is 13.0. The zero-order valence-corrected chi connectivity index (χ0v) is 15.3. The zero-order valence-electron chi connectivity index (χ0n) is 15.3. The normalized spacial score (nSPS) is 20.1. The number of piperidine rings is 1. The van der Waals surface area contributed by atoms with Crippen LogP contribution in [-0.4, -0.2) is 53.5 Å². The zero-order chi connectivity index (χ0) is 19.4. The highest BCUT2D eigenvalue weighted by molar-refractivity contribution is 6.45. The van der Waals surface area contributed by atoms with Crippen LogP contribution < -0.4 is 5.59 Å². The lowest BCUT2D eigenvalue weighted by molar-refractivity contribution is -0.142. The minimum absolute atomic E-state index is 0.0825. The van der Waals surface area contributed by atoms with Gasteiger partial charge in [-0.1, -0.05) is 30.7 Å². The van der Waals surface area contributed by atoms with E-state index in [1.54, 1.807) is 42.3 Å². The van der Waals surface area contributed by atoms with Crippen molar-refractivity contribution in [3.05, 3.63) is 47.7 Å². The molecular weight excluding hydrogens is 348 g/mol. The second-order valence-electron chi connectivity index (χ2n) is 6.71. The predicted molar refractivity (Wildman–Crippen MR) is 98.3 cm³/mol. The smallest absolute Gasteiger partial charge is 0.345 e. The third kappa shape index (κ3) is 4.40. The molecule has 1 aromatic carbocycles. The van der Waals surface area contributed by atoms with Gasteiger partial charge in [-0.25, -0.2) is 9.79 Å². The Morgan fingerprint density at radius 1 is 1.22 bits per heavy atom. The lowest BCUT2D eigenvalue weighted by Crippen LogP contribution is -2.42. The maximum Gasteiger partial charge on any atom is 0.376 e. The third-order valence-electron chi connectivity index (χ3n) is 4.65. The molecule has 0 aliphatic carbocycles. The lowest BCUT2D eigenvalue weighted by Gasteiger charge is -2.30. The summed E-state index contributed by atoms with van der Waals surface area (Å²) in [5.74, 6) is -0.994. The number of hydrazine groups is 1. The van der Waals surface area contributed by atoms with Gasteiger partial charge in [0.25, 0.3) is 11.8 Å². The quantitative estimate of drug-likeness (QED) is 0.637. The van der Waals surface area contributed by atoms with E-state index in [1.165, 1.54) is 11.1 Å². The fraction of sp³-hybridized carbons (Fsp3) is 0.368. The number of hydrogen-bond donors (Lipinski definition) is 1. The Morgan fingerprint density at radius 2 is 1.89 bits per heavy atom. The van der Waals surface area contributed by atoms with E-state index in [1.807, 2.05) is 0 Å². The fourth-order valence-electron chi connectivity index (χ4n) is 2.90. The van der Waals surface area contributed by atoms with Gasteiger partial charge in [-0.2, -0.15) is 0 Å². The molecule has 0 atom stereocenters. The number of aliphatic imine (C=N–C) groups is 1. The largest absolute Gasteiger partial charge is 0.376 e. The summed E-state index contributed by atoms with van der Waals surface area (Å²) in [7, 11) is 1.57. The average molecular weight is 370 g/mol. The van der Waals surface area contributed by atoms with Gasteiger partial charge in [0.15, 0.2) is 0 Å². The van der Waals surface area contributed by atoms with Crippen LogP contribution in [0.1, 0.15) is 30.1 Å². The molecule has 0 bridgehead atoms. The Kier molecular flexibility index (Phi) is 5.66. The van der Waals surface area contributed by atoms with Crippen molar-refractivity contribution in [1.82, 2.24) is 15.5 Å². The molecule has 8 heteroatoms. The van der Waals surface area contributed by atoms with Crippen molar-refractivity contribution in [3.63, 3.8) is 0 Å². The number of rotatable bonds is 3. The van der Waals surface area contributed by atoms with E-state index in [-0.39, 0.29) is 17.3 Å². The Morgan fingerprint density at radius 3 is 2.48 bits per heavy atom. The highest BCUT2D eigenvalue weighted by atomic mass is 16.7. The van der Waals surface area contributed by atoms with E-state index in [2.05, 4.69) is 17.5 Å². The molecule has 142 valence electrons. The molecule has 0 radical (unpaired) electrons. The number of likely N-dealkylation sites (tertiary alicyclic amines) is 1. The molecule has 2 aliphatic heterocycles. The molecule has 2 aliphatic rings. The van der Waals surface area contributed by atoms with Gasteiger partial charge in [0.2, 0.25) is 0 Å². The van der Waals surface area contributed by atoms with E-state index in [0.717, 1.165) is 12.8 Å². The molecule has 2 heterocycles. The molecule has 2 saturated heterocycles. The van der Waals surface area contributed by atoms with Gasteiger partial charge in [0.05, 0.1) is 0 Å². The summed E-state index contributed by atoms with van der Waals surface area (Å²) in [6.07, 6.45) is 3.08. The lowest BCUT2D eigenvalue weighted by atomic mass is 9.99. The summed E-state index contributed by atoms with van der Waals surface area (Å²) in [4.78, 5) is 47.7. The van der Waals surface area contributed by atoms with Crippen molar-refractivity contribution in [3.8, 4) is 0 Å². The van der Waals surface area contributed by atoms with Gasteiger partial charge in [-0.3, -0.25) is 14.6 Å². The number of likely N-dealkylation sites (N-methyl/N-ethyl adjacent to an activating group) is 1.